The van der Waals surface area contributed by atoms with E-state index in [2.05, 4.69) is 20.6 Å². The van der Waals surface area contributed by atoms with Crippen molar-refractivity contribution < 1.29 is 27.9 Å². The number of nitrogens with zero attached hydrogens (tertiary/aromatic N) is 3. The van der Waals surface area contributed by atoms with Crippen LogP contribution in [0.15, 0.2) is 24.4 Å². The molecule has 0 unspecified atom stereocenters. The van der Waals surface area contributed by atoms with E-state index in [0.717, 1.165) is 43.6 Å². The van der Waals surface area contributed by atoms with Gasteiger partial charge in [0.2, 0.25) is 5.95 Å². The van der Waals surface area contributed by atoms with Gasteiger partial charge in [-0.1, -0.05) is 23.2 Å². The molecule has 0 radical (unpaired) electrons. The van der Waals surface area contributed by atoms with E-state index in [0.29, 0.717) is 27.5 Å². The van der Waals surface area contributed by atoms with Crippen LogP contribution >= 0.6 is 23.2 Å². The number of aromatic nitrogens is 2. The fourth-order valence-electron chi connectivity index (χ4n) is 3.67. The number of aryl methyl sites for hydroxylation is 1. The number of nitrogens with one attached hydrogen (secondary N) is 2. The Morgan fingerprint density at radius 2 is 1.67 bits per heavy atom. The number of anilines is 2. The molecule has 0 saturated heterocycles. The normalized spacial score (nSPS) is 17.4. The molecular weight excluding hydrogens is 522 g/mol. The number of carbonyl (C=O) groups excluding carboxylic acids is 1. The number of carboxylic acid groups (broad SMARTS) is 1. The van der Waals surface area contributed by atoms with Gasteiger partial charge in [-0.25, -0.2) is 9.78 Å². The average Bonchev–Trinajstić information content (AvgIpc) is 2.78. The zero-order valence-electron chi connectivity index (χ0n) is 20.0. The van der Waals surface area contributed by atoms with Crippen molar-refractivity contribution in [3.8, 4) is 0 Å². The fourth-order valence-corrected chi connectivity index (χ4v) is 4.20. The highest BCUT2D eigenvalue weighted by atomic mass is 35.5. The summed E-state index contributed by atoms with van der Waals surface area (Å²) in [7, 11) is 3.96. The van der Waals surface area contributed by atoms with Gasteiger partial charge in [0.25, 0.3) is 5.91 Å². The van der Waals surface area contributed by atoms with Gasteiger partial charge in [-0.2, -0.15) is 18.2 Å². The Kier molecular flexibility index (Phi) is 10.6. The molecule has 3 rings (SSSR count). The summed E-state index contributed by atoms with van der Waals surface area (Å²) in [5, 5.41) is 14.5. The van der Waals surface area contributed by atoms with E-state index in [1.165, 1.54) is 0 Å². The number of benzene rings is 1. The smallest absolute Gasteiger partial charge is 0.475 e. The van der Waals surface area contributed by atoms with Crippen molar-refractivity contribution in [3.05, 3.63) is 45.6 Å². The Morgan fingerprint density at radius 1 is 1.11 bits per heavy atom. The third-order valence-corrected chi connectivity index (χ3v) is 5.90. The summed E-state index contributed by atoms with van der Waals surface area (Å²) < 4.78 is 31.7. The zero-order chi connectivity index (χ0) is 27.0. The molecule has 1 aliphatic rings. The number of hydrogen-bond donors (Lipinski definition) is 3. The van der Waals surface area contributed by atoms with Crippen LogP contribution in [0.5, 0.6) is 0 Å². The molecule has 1 amide bonds. The van der Waals surface area contributed by atoms with Crippen LogP contribution in [0.25, 0.3) is 0 Å². The second kappa shape index (κ2) is 13.0. The maximum absolute atomic E-state index is 12.5. The maximum atomic E-state index is 12.5. The molecule has 36 heavy (non-hydrogen) atoms. The van der Waals surface area contributed by atoms with Gasteiger partial charge < -0.3 is 20.6 Å². The van der Waals surface area contributed by atoms with Crippen LogP contribution in [0.3, 0.4) is 0 Å². The molecule has 1 fully saturated rings. The van der Waals surface area contributed by atoms with Crippen molar-refractivity contribution in [3.63, 3.8) is 0 Å². The second-order valence-electron chi connectivity index (χ2n) is 8.63. The molecule has 0 atom stereocenters. The molecule has 1 aromatic carbocycles. The number of alkyl halides is 3. The molecule has 8 nitrogen and oxygen atoms in total. The number of hydrogen-bond acceptors (Lipinski definition) is 6. The molecule has 13 heteroatoms. The topological polar surface area (TPSA) is 107 Å². The highest BCUT2D eigenvalue weighted by Gasteiger charge is 2.38. The van der Waals surface area contributed by atoms with Crippen molar-refractivity contribution in [1.82, 2.24) is 15.3 Å². The van der Waals surface area contributed by atoms with Crippen LogP contribution in [-0.4, -0.2) is 59.8 Å². The summed E-state index contributed by atoms with van der Waals surface area (Å²) in [4.78, 5) is 32.3. The summed E-state index contributed by atoms with van der Waals surface area (Å²) in [6.45, 7) is 2.84. The predicted molar refractivity (Wildman–Crippen MR) is 133 cm³/mol. The van der Waals surface area contributed by atoms with Crippen molar-refractivity contribution in [1.29, 1.82) is 0 Å². The van der Waals surface area contributed by atoms with Crippen LogP contribution in [0, 0.1) is 12.8 Å². The van der Waals surface area contributed by atoms with Crippen molar-refractivity contribution in [2.45, 2.75) is 44.8 Å². The Labute approximate surface area is 217 Å². The monoisotopic (exact) mass is 549 g/mol. The summed E-state index contributed by atoms with van der Waals surface area (Å²) >= 11 is 12.0. The van der Waals surface area contributed by atoms with Crippen LogP contribution in [-0.2, 0) is 4.79 Å². The number of rotatable bonds is 6. The number of carboxylic acids is 1. The third-order valence-electron chi connectivity index (χ3n) is 5.47. The molecule has 3 N–H and O–H groups in total. The number of amides is 1. The molecule has 1 aromatic heterocycles. The van der Waals surface area contributed by atoms with E-state index in [1.807, 2.05) is 32.1 Å². The minimum atomic E-state index is -5.08. The van der Waals surface area contributed by atoms with Crippen molar-refractivity contribution in [2.75, 3.05) is 30.9 Å². The number of halogens is 5. The fraction of sp³-hybridized carbons (Fsp3) is 0.478. The van der Waals surface area contributed by atoms with E-state index in [-0.39, 0.29) is 11.9 Å². The first-order chi connectivity index (χ1) is 16.8. The largest absolute Gasteiger partial charge is 0.490 e. The van der Waals surface area contributed by atoms with Gasteiger partial charge in [0.05, 0.1) is 0 Å². The minimum absolute atomic E-state index is 0.125. The molecule has 0 bridgehead atoms. The van der Waals surface area contributed by atoms with Crippen LogP contribution in [0.2, 0.25) is 10.0 Å². The van der Waals surface area contributed by atoms with Crippen molar-refractivity contribution in [2.24, 2.45) is 5.92 Å². The summed E-state index contributed by atoms with van der Waals surface area (Å²) in [5.74, 6) is -0.758. The minimum Gasteiger partial charge on any atom is -0.475 e. The van der Waals surface area contributed by atoms with Crippen molar-refractivity contribution >= 4 is 46.8 Å². The maximum Gasteiger partial charge on any atom is 0.490 e. The lowest BCUT2D eigenvalue weighted by atomic mass is 9.86. The zero-order valence-corrected chi connectivity index (χ0v) is 21.5. The van der Waals surface area contributed by atoms with Gasteiger partial charge in [0.1, 0.15) is 5.82 Å². The molecule has 1 saturated carbocycles. The molecule has 2 aromatic rings. The summed E-state index contributed by atoms with van der Waals surface area (Å²) in [5.41, 5.74) is 1.55. The van der Waals surface area contributed by atoms with E-state index < -0.39 is 12.1 Å². The Hall–Kier alpha value is -2.79. The Bertz CT molecular complexity index is 1040. The van der Waals surface area contributed by atoms with E-state index in [1.54, 1.807) is 18.2 Å². The lowest BCUT2D eigenvalue weighted by Crippen LogP contribution is -2.38. The lowest BCUT2D eigenvalue weighted by Gasteiger charge is -2.29. The second-order valence-corrected chi connectivity index (χ2v) is 9.50. The summed E-state index contributed by atoms with van der Waals surface area (Å²) in [6, 6.07) is 5.08. The molecular formula is C23H28Cl2F3N5O3. The number of carbonyl (C=O) groups is 2. The van der Waals surface area contributed by atoms with E-state index in [9.17, 15) is 18.0 Å². The highest BCUT2D eigenvalue weighted by molar-refractivity contribution is 6.35. The SMILES string of the molecule is Cc1cnc(NC[C@H]2CC[C@@H](NC(=O)c3cc(Cl)cc(Cl)c3)CC2)nc1N(C)C.O=C(O)C(F)(F)F. The Morgan fingerprint density at radius 3 is 2.17 bits per heavy atom. The van der Waals surface area contributed by atoms with Crippen LogP contribution < -0.4 is 15.5 Å². The van der Waals surface area contributed by atoms with Crippen LogP contribution in [0.4, 0.5) is 24.9 Å². The third kappa shape index (κ3) is 9.34. The molecule has 1 heterocycles. The van der Waals surface area contributed by atoms with Gasteiger partial charge in [-0.05, 0) is 56.7 Å². The molecule has 1 aliphatic carbocycles. The lowest BCUT2D eigenvalue weighted by molar-refractivity contribution is -0.192. The molecule has 0 spiro atoms. The standard InChI is InChI=1S/C21H27Cl2N5O.C2HF3O2/c1-13-11-24-21(27-19(13)28(2)3)25-12-14-4-6-18(7-5-14)26-20(29)15-8-16(22)10-17(23)9-15;3-2(4,5)1(6)7/h8-11,14,18H,4-7,12H2,1-3H3,(H,26,29)(H,24,25,27);(H,6,7)/t14-,18+;. The first-order valence-electron chi connectivity index (χ1n) is 11.1. The van der Waals surface area contributed by atoms with E-state index >= 15 is 0 Å². The highest BCUT2D eigenvalue weighted by Crippen LogP contribution is 2.26. The van der Waals surface area contributed by atoms with Gasteiger partial charge in [0, 0.05) is 54.1 Å². The first kappa shape index (κ1) is 29.4. The predicted octanol–water partition coefficient (Wildman–Crippen LogP) is 5.19. The van der Waals surface area contributed by atoms with Gasteiger partial charge in [-0.3, -0.25) is 4.79 Å². The first-order valence-corrected chi connectivity index (χ1v) is 11.8. The summed E-state index contributed by atoms with van der Waals surface area (Å²) in [6.07, 6.45) is 0.745. The van der Waals surface area contributed by atoms with Gasteiger partial charge >= 0.3 is 12.1 Å². The quantitative estimate of drug-likeness (QED) is 0.455. The number of aliphatic carboxylic acids is 1. The average molecular weight is 550 g/mol. The van der Waals surface area contributed by atoms with Crippen LogP contribution in [0.1, 0.15) is 41.6 Å². The molecule has 0 aliphatic heterocycles. The van der Waals surface area contributed by atoms with Gasteiger partial charge in [0.15, 0.2) is 0 Å². The van der Waals surface area contributed by atoms with Gasteiger partial charge in [-0.15, -0.1) is 0 Å². The molecule has 198 valence electrons. The van der Waals surface area contributed by atoms with E-state index in [4.69, 9.17) is 33.1 Å². The Balaban J connectivity index is 0.000000572.